The summed E-state index contributed by atoms with van der Waals surface area (Å²) in [5, 5.41) is 2.90. The summed E-state index contributed by atoms with van der Waals surface area (Å²) in [5.74, 6) is 1.09. The number of likely N-dealkylation sites (tertiary alicyclic amines) is 1. The van der Waals surface area contributed by atoms with Crippen molar-refractivity contribution in [3.8, 4) is 0 Å². The molecule has 0 aromatic carbocycles. The highest BCUT2D eigenvalue weighted by Crippen LogP contribution is 2.30. The molecule has 0 saturated carbocycles. The van der Waals surface area contributed by atoms with Crippen molar-refractivity contribution in [3.63, 3.8) is 0 Å². The molecule has 4 rings (SSSR count). The Kier molecular flexibility index (Phi) is 4.40. The largest absolute Gasteiger partial charge is 0.334 e. The number of piperidine rings is 1. The van der Waals surface area contributed by atoms with Gasteiger partial charge in [-0.05, 0) is 25.8 Å². The van der Waals surface area contributed by atoms with E-state index in [0.29, 0.717) is 5.65 Å². The Balaban J connectivity index is 1.64. The number of aromatic amines is 1. The topological polar surface area (TPSA) is 71.2 Å². The molecule has 1 aliphatic rings. The average Bonchev–Trinajstić information content (AvgIpc) is 3.26. The van der Waals surface area contributed by atoms with Gasteiger partial charge in [0.15, 0.2) is 5.65 Å². The average molecular weight is 340 g/mol. The third-order valence-corrected chi connectivity index (χ3v) is 4.97. The molecule has 1 N–H and O–H groups in total. The molecule has 0 unspecified atom stereocenters. The van der Waals surface area contributed by atoms with Crippen LogP contribution in [0.2, 0.25) is 0 Å². The fourth-order valence-electron chi connectivity index (χ4n) is 3.75. The number of H-pyrrole nitrogens is 1. The summed E-state index contributed by atoms with van der Waals surface area (Å²) in [7, 11) is 0. The normalized spacial score (nSPS) is 18.8. The van der Waals surface area contributed by atoms with Gasteiger partial charge in [-0.3, -0.25) is 14.8 Å². The lowest BCUT2D eigenvalue weighted by atomic mass is 9.99. The van der Waals surface area contributed by atoms with E-state index in [4.69, 9.17) is 4.98 Å². The van der Waals surface area contributed by atoms with Crippen LogP contribution in [0.25, 0.3) is 5.65 Å². The molecule has 25 heavy (non-hydrogen) atoms. The smallest absolute Gasteiger partial charge is 0.272 e. The number of hydrogen-bond donors (Lipinski definition) is 1. The molecule has 1 atom stereocenters. The molecule has 0 amide bonds. The highest BCUT2D eigenvalue weighted by atomic mass is 16.1. The minimum atomic E-state index is -0.0528. The van der Waals surface area contributed by atoms with Crippen LogP contribution in [-0.2, 0) is 13.1 Å². The molecular formula is C18H24N6O. The van der Waals surface area contributed by atoms with E-state index in [-0.39, 0.29) is 11.6 Å². The van der Waals surface area contributed by atoms with Crippen molar-refractivity contribution in [2.45, 2.75) is 51.7 Å². The minimum Gasteiger partial charge on any atom is -0.334 e. The molecular weight excluding hydrogens is 316 g/mol. The van der Waals surface area contributed by atoms with E-state index in [2.05, 4.69) is 26.5 Å². The van der Waals surface area contributed by atoms with Crippen LogP contribution < -0.4 is 5.56 Å². The summed E-state index contributed by atoms with van der Waals surface area (Å²) in [5.41, 5.74) is 1.50. The minimum absolute atomic E-state index is 0.0528. The molecule has 0 radical (unpaired) electrons. The van der Waals surface area contributed by atoms with Gasteiger partial charge in [-0.2, -0.15) is 0 Å². The van der Waals surface area contributed by atoms with Crippen molar-refractivity contribution in [3.05, 3.63) is 52.6 Å². The summed E-state index contributed by atoms with van der Waals surface area (Å²) in [6.45, 7) is 4.98. The quantitative estimate of drug-likeness (QED) is 0.774. The highest BCUT2D eigenvalue weighted by molar-refractivity contribution is 5.37. The molecule has 7 heteroatoms. The monoisotopic (exact) mass is 340 g/mol. The van der Waals surface area contributed by atoms with Crippen LogP contribution in [0, 0.1) is 0 Å². The molecule has 0 bridgehead atoms. The van der Waals surface area contributed by atoms with Crippen LogP contribution >= 0.6 is 0 Å². The zero-order valence-corrected chi connectivity index (χ0v) is 14.6. The van der Waals surface area contributed by atoms with E-state index < -0.39 is 0 Å². The zero-order valence-electron chi connectivity index (χ0n) is 14.6. The molecule has 0 spiro atoms. The van der Waals surface area contributed by atoms with Crippen molar-refractivity contribution >= 4 is 5.65 Å². The molecule has 7 nitrogen and oxygen atoms in total. The van der Waals surface area contributed by atoms with E-state index in [0.717, 1.165) is 44.0 Å². The summed E-state index contributed by atoms with van der Waals surface area (Å²) in [6, 6.07) is 3.69. The number of nitrogens with one attached hydrogen (secondary N) is 1. The van der Waals surface area contributed by atoms with E-state index >= 15 is 0 Å². The van der Waals surface area contributed by atoms with Gasteiger partial charge in [0, 0.05) is 37.3 Å². The van der Waals surface area contributed by atoms with E-state index in [1.54, 1.807) is 12.3 Å². The number of aryl methyl sites for hydroxylation is 1. The van der Waals surface area contributed by atoms with Gasteiger partial charge < -0.3 is 4.57 Å². The van der Waals surface area contributed by atoms with Crippen LogP contribution in [0.3, 0.4) is 0 Å². The fraction of sp³-hybridized carbons (Fsp3) is 0.500. The number of hydrogen-bond acceptors (Lipinski definition) is 4. The predicted molar refractivity (Wildman–Crippen MR) is 95.3 cm³/mol. The Hall–Kier alpha value is -2.41. The molecule has 3 aromatic rings. The lowest BCUT2D eigenvalue weighted by molar-refractivity contribution is 0.132. The van der Waals surface area contributed by atoms with Crippen molar-refractivity contribution in [1.29, 1.82) is 0 Å². The predicted octanol–water partition coefficient (Wildman–Crippen LogP) is 2.36. The maximum atomic E-state index is 12.3. The van der Waals surface area contributed by atoms with Gasteiger partial charge in [-0.15, -0.1) is 0 Å². The Morgan fingerprint density at radius 2 is 2.28 bits per heavy atom. The molecule has 4 heterocycles. The van der Waals surface area contributed by atoms with Crippen molar-refractivity contribution in [1.82, 2.24) is 29.0 Å². The Bertz CT molecular complexity index is 908. The van der Waals surface area contributed by atoms with Crippen LogP contribution in [0.5, 0.6) is 0 Å². The Morgan fingerprint density at radius 1 is 1.36 bits per heavy atom. The maximum absolute atomic E-state index is 12.3. The van der Waals surface area contributed by atoms with Crippen molar-refractivity contribution < 1.29 is 0 Å². The van der Waals surface area contributed by atoms with Crippen LogP contribution in [0.15, 0.2) is 35.5 Å². The first-order valence-electron chi connectivity index (χ1n) is 9.07. The van der Waals surface area contributed by atoms with E-state index in [9.17, 15) is 4.79 Å². The second-order valence-electron chi connectivity index (χ2n) is 6.69. The Labute approximate surface area is 146 Å². The van der Waals surface area contributed by atoms with Gasteiger partial charge >= 0.3 is 0 Å². The first-order chi connectivity index (χ1) is 12.3. The fourth-order valence-corrected chi connectivity index (χ4v) is 3.75. The molecule has 1 aliphatic heterocycles. The number of aromatic nitrogens is 5. The second-order valence-corrected chi connectivity index (χ2v) is 6.69. The lowest BCUT2D eigenvalue weighted by Crippen LogP contribution is -2.35. The Morgan fingerprint density at radius 3 is 3.16 bits per heavy atom. The second kappa shape index (κ2) is 6.84. The van der Waals surface area contributed by atoms with Crippen molar-refractivity contribution in [2.24, 2.45) is 0 Å². The first-order valence-corrected chi connectivity index (χ1v) is 9.07. The summed E-state index contributed by atoms with van der Waals surface area (Å²) in [6.07, 6.45) is 10.1. The zero-order chi connectivity index (χ0) is 17.2. The highest BCUT2D eigenvalue weighted by Gasteiger charge is 2.27. The van der Waals surface area contributed by atoms with Gasteiger partial charge in [0.1, 0.15) is 5.82 Å². The first kappa shape index (κ1) is 16.1. The molecule has 3 aromatic heterocycles. The van der Waals surface area contributed by atoms with Crippen LogP contribution in [0.4, 0.5) is 0 Å². The van der Waals surface area contributed by atoms with E-state index in [1.807, 2.05) is 18.5 Å². The van der Waals surface area contributed by atoms with Gasteiger partial charge in [0.25, 0.3) is 5.56 Å². The summed E-state index contributed by atoms with van der Waals surface area (Å²) >= 11 is 0. The third kappa shape index (κ3) is 3.11. The lowest BCUT2D eigenvalue weighted by Gasteiger charge is -2.35. The van der Waals surface area contributed by atoms with Crippen LogP contribution in [0.1, 0.15) is 50.2 Å². The maximum Gasteiger partial charge on any atom is 0.272 e. The summed E-state index contributed by atoms with van der Waals surface area (Å²) in [4.78, 5) is 24.0. The number of imidazole rings is 1. The molecule has 0 aliphatic carbocycles. The van der Waals surface area contributed by atoms with Gasteiger partial charge in [-0.1, -0.05) is 13.3 Å². The van der Waals surface area contributed by atoms with E-state index in [1.165, 1.54) is 17.4 Å². The number of fused-ring (bicyclic) bond motifs is 1. The molecule has 1 saturated heterocycles. The standard InChI is InChI=1S/C18H24N6O/c1-2-9-22-11-8-19-17(22)13-23-10-4-3-5-15(23)14-12-18(25)24-16(21-14)6-7-20-24/h6-8,11-12,15,20H,2-5,9-10,13H2,1H3/t15-/m1/s1. The SMILES string of the molecule is CCCn1ccnc1CN1CCCC[C@@H]1c1cc(=O)n2[nH]ccc2n1. The number of nitrogens with zero attached hydrogens (tertiary/aromatic N) is 5. The summed E-state index contributed by atoms with van der Waals surface area (Å²) < 4.78 is 3.70. The van der Waals surface area contributed by atoms with Crippen molar-refractivity contribution in [2.75, 3.05) is 6.54 Å². The molecule has 1 fully saturated rings. The van der Waals surface area contributed by atoms with Crippen LogP contribution in [-0.4, -0.2) is 35.6 Å². The molecule has 132 valence electrons. The van der Waals surface area contributed by atoms with Gasteiger partial charge in [-0.25, -0.2) is 14.5 Å². The third-order valence-electron chi connectivity index (χ3n) is 4.97. The number of rotatable bonds is 5. The van der Waals surface area contributed by atoms with Gasteiger partial charge in [0.2, 0.25) is 0 Å². The van der Waals surface area contributed by atoms with Gasteiger partial charge in [0.05, 0.1) is 18.3 Å².